The van der Waals surface area contributed by atoms with E-state index < -0.39 is 0 Å². The van der Waals surface area contributed by atoms with Crippen molar-refractivity contribution in [2.45, 2.75) is 19.3 Å². The lowest BCUT2D eigenvalue weighted by Crippen LogP contribution is -2.26. The Morgan fingerprint density at radius 3 is 1.98 bits per heavy atom. The van der Waals surface area contributed by atoms with Gasteiger partial charge in [0.1, 0.15) is 0 Å². The average Bonchev–Trinajstić information content (AvgIpc) is 3.42. The van der Waals surface area contributed by atoms with Crippen LogP contribution < -0.4 is 4.90 Å². The summed E-state index contributed by atoms with van der Waals surface area (Å²) in [5.74, 6) is 0. The van der Waals surface area contributed by atoms with Gasteiger partial charge < -0.3 is 9.47 Å². The smallest absolute Gasteiger partial charge is 0.0582 e. The van der Waals surface area contributed by atoms with Crippen molar-refractivity contribution in [2.75, 3.05) is 4.90 Å². The van der Waals surface area contributed by atoms with E-state index in [2.05, 4.69) is 181 Å². The standard InChI is InChI=1S/C43H32N2/c1-43(2)38-16-8-9-18-41(38)45-40-26-25-35(28-37(40)36-15-10-17-39(43)42(36)45)44(33-13-4-3-5-14-33)34-23-21-30(22-24-34)32-20-19-29-11-6-7-12-31(29)27-32/h3-28H,1-2H3. The van der Waals surface area contributed by atoms with E-state index in [9.17, 15) is 0 Å². The molecule has 0 saturated heterocycles. The highest BCUT2D eigenvalue weighted by molar-refractivity contribution is 6.12. The third kappa shape index (κ3) is 3.89. The van der Waals surface area contributed by atoms with Gasteiger partial charge >= 0.3 is 0 Å². The quantitative estimate of drug-likeness (QED) is 0.202. The molecule has 0 amide bonds. The Labute approximate surface area is 263 Å². The van der Waals surface area contributed by atoms with Crippen molar-refractivity contribution in [3.05, 3.63) is 169 Å². The minimum Gasteiger partial charge on any atom is -0.310 e. The van der Waals surface area contributed by atoms with Crippen LogP contribution in [0.3, 0.4) is 0 Å². The molecule has 0 N–H and O–H groups in total. The number of anilines is 3. The van der Waals surface area contributed by atoms with Crippen LogP contribution in [0.5, 0.6) is 0 Å². The summed E-state index contributed by atoms with van der Waals surface area (Å²) in [6.07, 6.45) is 0. The van der Waals surface area contributed by atoms with Gasteiger partial charge in [0.05, 0.1) is 16.7 Å². The van der Waals surface area contributed by atoms with Crippen LogP contribution in [0.2, 0.25) is 0 Å². The van der Waals surface area contributed by atoms with Gasteiger partial charge in [-0.2, -0.15) is 0 Å². The first kappa shape index (κ1) is 25.9. The van der Waals surface area contributed by atoms with Crippen molar-refractivity contribution in [1.82, 2.24) is 4.57 Å². The lowest BCUT2D eigenvalue weighted by Gasteiger charge is -2.34. The maximum absolute atomic E-state index is 2.48. The van der Waals surface area contributed by atoms with Gasteiger partial charge in [-0.3, -0.25) is 0 Å². The Morgan fingerprint density at radius 1 is 0.467 bits per heavy atom. The number of aromatic nitrogens is 1. The van der Waals surface area contributed by atoms with Crippen LogP contribution in [0.15, 0.2) is 158 Å². The highest BCUT2D eigenvalue weighted by Crippen LogP contribution is 2.48. The van der Waals surface area contributed by atoms with Crippen molar-refractivity contribution < 1.29 is 0 Å². The molecule has 1 aromatic heterocycles. The highest BCUT2D eigenvalue weighted by atomic mass is 15.1. The van der Waals surface area contributed by atoms with E-state index in [1.54, 1.807) is 0 Å². The number of rotatable bonds is 4. The average molecular weight is 577 g/mol. The fourth-order valence-corrected chi connectivity index (χ4v) is 7.49. The number of hydrogen-bond acceptors (Lipinski definition) is 1. The first-order valence-corrected chi connectivity index (χ1v) is 15.7. The molecule has 2 nitrogen and oxygen atoms in total. The molecule has 0 fully saturated rings. The van der Waals surface area contributed by atoms with Crippen LogP contribution in [0.25, 0.3) is 49.4 Å². The second kappa shape index (κ2) is 9.70. The van der Waals surface area contributed by atoms with Crippen LogP contribution in [0.4, 0.5) is 17.1 Å². The Bertz CT molecular complexity index is 2390. The van der Waals surface area contributed by atoms with E-state index in [0.717, 1.165) is 17.1 Å². The summed E-state index contributed by atoms with van der Waals surface area (Å²) in [5, 5.41) is 5.09. The molecule has 2 heteroatoms. The molecular formula is C43H32N2. The molecule has 214 valence electrons. The molecule has 45 heavy (non-hydrogen) atoms. The molecule has 1 aliphatic rings. The third-order valence-electron chi connectivity index (χ3n) is 9.74. The summed E-state index contributed by atoms with van der Waals surface area (Å²) in [5.41, 5.74) is 12.3. The summed E-state index contributed by atoms with van der Waals surface area (Å²) < 4.78 is 2.48. The fraction of sp³-hybridized carbons (Fsp3) is 0.0698. The monoisotopic (exact) mass is 576 g/mol. The summed E-state index contributed by atoms with van der Waals surface area (Å²) in [6.45, 7) is 4.71. The Balaban J connectivity index is 1.21. The molecule has 0 unspecified atom stereocenters. The van der Waals surface area contributed by atoms with Crippen LogP contribution >= 0.6 is 0 Å². The normalized spacial score (nSPS) is 13.3. The molecule has 7 aromatic carbocycles. The zero-order valence-corrected chi connectivity index (χ0v) is 25.4. The van der Waals surface area contributed by atoms with E-state index in [1.165, 1.54) is 60.5 Å². The lowest BCUT2D eigenvalue weighted by molar-refractivity contribution is 0.630. The maximum Gasteiger partial charge on any atom is 0.0582 e. The van der Waals surface area contributed by atoms with Crippen molar-refractivity contribution in [3.8, 4) is 16.8 Å². The Hall–Kier alpha value is -5.60. The second-order valence-electron chi connectivity index (χ2n) is 12.7. The zero-order chi connectivity index (χ0) is 30.1. The van der Waals surface area contributed by atoms with Crippen molar-refractivity contribution in [3.63, 3.8) is 0 Å². The van der Waals surface area contributed by atoms with E-state index >= 15 is 0 Å². The minimum absolute atomic E-state index is 0.0772. The molecule has 0 radical (unpaired) electrons. The largest absolute Gasteiger partial charge is 0.310 e. The maximum atomic E-state index is 2.48. The van der Waals surface area contributed by atoms with Crippen molar-refractivity contribution in [1.29, 1.82) is 0 Å². The molecule has 0 atom stereocenters. The van der Waals surface area contributed by atoms with Crippen molar-refractivity contribution in [2.24, 2.45) is 0 Å². The molecule has 2 heterocycles. The van der Waals surface area contributed by atoms with Crippen LogP contribution in [0, 0.1) is 0 Å². The number of benzene rings is 7. The van der Waals surface area contributed by atoms with Gasteiger partial charge in [-0.1, -0.05) is 117 Å². The highest BCUT2D eigenvalue weighted by Gasteiger charge is 2.34. The predicted octanol–water partition coefficient (Wildman–Crippen LogP) is 11.7. The second-order valence-corrected chi connectivity index (χ2v) is 12.7. The van der Waals surface area contributed by atoms with Gasteiger partial charge in [-0.15, -0.1) is 0 Å². The Kier molecular flexibility index (Phi) is 5.58. The molecule has 0 bridgehead atoms. The summed E-state index contributed by atoms with van der Waals surface area (Å²) >= 11 is 0. The van der Waals surface area contributed by atoms with E-state index in [1.807, 2.05) is 0 Å². The SMILES string of the molecule is CC1(C)c2ccccc2-n2c3ccc(N(c4ccccc4)c4ccc(-c5ccc6ccccc6c5)cc4)cc3c3cccc1c32. The molecule has 9 rings (SSSR count). The molecule has 8 aromatic rings. The fourth-order valence-electron chi connectivity index (χ4n) is 7.49. The van der Waals surface area contributed by atoms with Gasteiger partial charge in [0.2, 0.25) is 0 Å². The van der Waals surface area contributed by atoms with Gasteiger partial charge in [-0.25, -0.2) is 0 Å². The summed E-state index contributed by atoms with van der Waals surface area (Å²) in [7, 11) is 0. The number of para-hydroxylation sites is 3. The van der Waals surface area contributed by atoms with E-state index in [-0.39, 0.29) is 5.41 Å². The van der Waals surface area contributed by atoms with Crippen molar-refractivity contribution >= 4 is 49.6 Å². The van der Waals surface area contributed by atoms with E-state index in [4.69, 9.17) is 0 Å². The van der Waals surface area contributed by atoms with Gasteiger partial charge in [-0.05, 0) is 87.6 Å². The van der Waals surface area contributed by atoms with Gasteiger partial charge in [0, 0.05) is 33.2 Å². The van der Waals surface area contributed by atoms with E-state index in [0.29, 0.717) is 0 Å². The lowest BCUT2D eigenvalue weighted by atomic mass is 9.75. The number of fused-ring (bicyclic) bond motifs is 6. The van der Waals surface area contributed by atoms with Gasteiger partial charge in [0.15, 0.2) is 0 Å². The van der Waals surface area contributed by atoms with Crippen LogP contribution in [-0.2, 0) is 5.41 Å². The zero-order valence-electron chi connectivity index (χ0n) is 25.4. The predicted molar refractivity (Wildman–Crippen MR) is 191 cm³/mol. The first-order chi connectivity index (χ1) is 22.1. The van der Waals surface area contributed by atoms with Crippen LogP contribution in [-0.4, -0.2) is 4.57 Å². The number of nitrogens with zero attached hydrogens (tertiary/aromatic N) is 2. The van der Waals surface area contributed by atoms with Gasteiger partial charge in [0.25, 0.3) is 0 Å². The summed E-state index contributed by atoms with van der Waals surface area (Å²) in [6, 6.07) is 57.6. The minimum atomic E-state index is -0.0772. The number of hydrogen-bond donors (Lipinski definition) is 0. The van der Waals surface area contributed by atoms with Crippen LogP contribution in [0.1, 0.15) is 25.0 Å². The molecule has 0 spiro atoms. The molecule has 0 aliphatic carbocycles. The Morgan fingerprint density at radius 2 is 1.13 bits per heavy atom. The summed E-state index contributed by atoms with van der Waals surface area (Å²) in [4.78, 5) is 2.37. The molecular weight excluding hydrogens is 544 g/mol. The first-order valence-electron chi connectivity index (χ1n) is 15.7. The molecule has 1 aliphatic heterocycles. The topological polar surface area (TPSA) is 8.17 Å². The third-order valence-corrected chi connectivity index (χ3v) is 9.74. The molecule has 0 saturated carbocycles.